The molecule has 0 heterocycles. The van der Waals surface area contributed by atoms with Crippen molar-refractivity contribution in [3.8, 4) is 0 Å². The van der Waals surface area contributed by atoms with Crippen molar-refractivity contribution in [1.82, 2.24) is 0 Å². The molecule has 0 aromatic rings. The monoisotopic (exact) mass is 357 g/mol. The Morgan fingerprint density at radius 2 is 1.25 bits per heavy atom. The number of aliphatic carboxylic acids is 3. The van der Waals surface area contributed by atoms with Crippen LogP contribution in [0.3, 0.4) is 0 Å². The third kappa shape index (κ3) is 28.4. The average Bonchev–Trinajstić information content (AvgIpc) is 2.48. The number of carbonyl (C=O) groups is 3. The third-order valence-corrected chi connectivity index (χ3v) is 2.02. The standard InChI is InChI=1S/C6H13NO2.C4H9NO3.C2H5NO2.CH4O/c1-4(2)3-5(7)6(8)9;1-2(6)3(5)4(7)8;3-1-2(4)5;1-2/h4-5H,3,7H2,1-2H3,(H,8,9);2-3,6H,5H2,1H3,(H,7,8);1,3H2,(H,4,5);2H,1H3. The zero-order chi connectivity index (χ0) is 20.5. The van der Waals surface area contributed by atoms with E-state index in [1.807, 2.05) is 13.8 Å². The summed E-state index contributed by atoms with van der Waals surface area (Å²) in [5.41, 5.74) is 14.7. The minimum atomic E-state index is -1.18. The summed E-state index contributed by atoms with van der Waals surface area (Å²) in [6.45, 7) is 4.95. The Bertz CT molecular complexity index is 337. The summed E-state index contributed by atoms with van der Waals surface area (Å²) in [5, 5.41) is 39.5. The molecule has 0 radical (unpaired) electrons. The molecule has 0 amide bonds. The van der Waals surface area contributed by atoms with Crippen LogP contribution in [0.5, 0.6) is 0 Å². The lowest BCUT2D eigenvalue weighted by molar-refractivity contribution is -0.141. The van der Waals surface area contributed by atoms with Crippen molar-refractivity contribution in [3.63, 3.8) is 0 Å². The predicted octanol–water partition coefficient (Wildman–Crippen LogP) is -2.14. The number of hydrogen-bond donors (Lipinski definition) is 8. The van der Waals surface area contributed by atoms with Crippen molar-refractivity contribution < 1.29 is 39.9 Å². The molecule has 3 atom stereocenters. The largest absolute Gasteiger partial charge is 0.480 e. The molecule has 24 heavy (non-hydrogen) atoms. The second kappa shape index (κ2) is 19.3. The van der Waals surface area contributed by atoms with E-state index in [0.717, 1.165) is 7.11 Å². The Hall–Kier alpha value is -1.79. The van der Waals surface area contributed by atoms with Crippen LogP contribution >= 0.6 is 0 Å². The van der Waals surface area contributed by atoms with Crippen molar-refractivity contribution in [2.24, 2.45) is 23.1 Å². The van der Waals surface area contributed by atoms with Crippen LogP contribution in [0.4, 0.5) is 0 Å². The zero-order valence-corrected chi connectivity index (χ0v) is 14.4. The second-order valence-corrected chi connectivity index (χ2v) is 4.78. The summed E-state index contributed by atoms with van der Waals surface area (Å²) in [7, 11) is 1.00. The quantitative estimate of drug-likeness (QED) is 0.255. The van der Waals surface area contributed by atoms with Gasteiger partial charge in [-0.3, -0.25) is 14.4 Å². The first-order chi connectivity index (χ1) is 10.9. The number of carboxylic acids is 3. The molecule has 146 valence electrons. The van der Waals surface area contributed by atoms with Crippen LogP contribution in [0.15, 0.2) is 0 Å². The van der Waals surface area contributed by atoms with Crippen LogP contribution in [-0.2, 0) is 14.4 Å². The summed E-state index contributed by atoms with van der Waals surface area (Å²) in [5.74, 6) is -2.70. The number of aliphatic hydroxyl groups excluding tert-OH is 2. The number of rotatable bonds is 6. The van der Waals surface area contributed by atoms with Gasteiger partial charge in [0.1, 0.15) is 12.1 Å². The fourth-order valence-corrected chi connectivity index (χ4v) is 0.815. The third-order valence-electron chi connectivity index (χ3n) is 2.02. The molecule has 0 saturated carbocycles. The molecule has 11 nitrogen and oxygen atoms in total. The number of carboxylic acid groups (broad SMARTS) is 3. The van der Waals surface area contributed by atoms with Crippen molar-refractivity contribution in [2.45, 2.75) is 45.4 Å². The smallest absolute Gasteiger partial charge is 0.323 e. The second-order valence-electron chi connectivity index (χ2n) is 4.78. The molecule has 0 aliphatic rings. The van der Waals surface area contributed by atoms with Gasteiger partial charge >= 0.3 is 17.9 Å². The molecule has 11 N–H and O–H groups in total. The van der Waals surface area contributed by atoms with Gasteiger partial charge in [0.2, 0.25) is 0 Å². The molecule has 0 aliphatic carbocycles. The molecule has 3 unspecified atom stereocenters. The maximum atomic E-state index is 10.1. The summed E-state index contributed by atoms with van der Waals surface area (Å²) in [4.78, 5) is 29.2. The highest BCUT2D eigenvalue weighted by molar-refractivity contribution is 5.73. The minimum Gasteiger partial charge on any atom is -0.480 e. The highest BCUT2D eigenvalue weighted by atomic mass is 16.4. The predicted molar refractivity (Wildman–Crippen MR) is 87.2 cm³/mol. The van der Waals surface area contributed by atoms with Gasteiger partial charge < -0.3 is 42.7 Å². The lowest BCUT2D eigenvalue weighted by Crippen LogP contribution is -2.39. The van der Waals surface area contributed by atoms with Gasteiger partial charge in [-0.15, -0.1) is 0 Å². The van der Waals surface area contributed by atoms with Crippen LogP contribution in [0.25, 0.3) is 0 Å². The molecular weight excluding hydrogens is 326 g/mol. The van der Waals surface area contributed by atoms with E-state index >= 15 is 0 Å². The molecule has 0 spiro atoms. The van der Waals surface area contributed by atoms with Crippen LogP contribution in [-0.4, -0.2) is 75.3 Å². The zero-order valence-electron chi connectivity index (χ0n) is 14.4. The topological polar surface area (TPSA) is 230 Å². The SMILES string of the molecule is CC(C)CC(N)C(=O)O.CC(O)C(N)C(=O)O.CO.NCC(=O)O. The van der Waals surface area contributed by atoms with Crippen LogP contribution < -0.4 is 17.2 Å². The fourth-order valence-electron chi connectivity index (χ4n) is 0.815. The fraction of sp³-hybridized carbons (Fsp3) is 0.769. The maximum absolute atomic E-state index is 10.1. The van der Waals surface area contributed by atoms with E-state index in [-0.39, 0.29) is 6.54 Å². The molecule has 0 aromatic carbocycles. The van der Waals surface area contributed by atoms with E-state index in [2.05, 4.69) is 5.73 Å². The van der Waals surface area contributed by atoms with Crippen molar-refractivity contribution in [3.05, 3.63) is 0 Å². The van der Waals surface area contributed by atoms with Crippen molar-refractivity contribution in [2.75, 3.05) is 13.7 Å². The Kier molecular flexibility index (Phi) is 24.2. The summed E-state index contributed by atoms with van der Waals surface area (Å²) >= 11 is 0. The number of aliphatic hydroxyl groups is 2. The van der Waals surface area contributed by atoms with Crippen LogP contribution in [0.2, 0.25) is 0 Å². The maximum Gasteiger partial charge on any atom is 0.323 e. The molecular formula is C13H31N3O8. The van der Waals surface area contributed by atoms with E-state index in [1.54, 1.807) is 0 Å². The van der Waals surface area contributed by atoms with Gasteiger partial charge in [0.15, 0.2) is 0 Å². The summed E-state index contributed by atoms with van der Waals surface area (Å²) < 4.78 is 0. The molecule has 0 fully saturated rings. The van der Waals surface area contributed by atoms with Gasteiger partial charge in [-0.1, -0.05) is 13.8 Å². The first-order valence-corrected chi connectivity index (χ1v) is 6.88. The molecule has 0 aromatic heterocycles. The van der Waals surface area contributed by atoms with Gasteiger partial charge in [-0.2, -0.15) is 0 Å². The summed E-state index contributed by atoms with van der Waals surface area (Å²) in [6.07, 6.45) is -0.428. The molecule has 11 heteroatoms. The highest BCUT2D eigenvalue weighted by Gasteiger charge is 2.16. The Balaban J connectivity index is -0.000000123. The minimum absolute atomic E-state index is 0.278. The lowest BCUT2D eigenvalue weighted by Gasteiger charge is -2.07. The van der Waals surface area contributed by atoms with Crippen molar-refractivity contribution >= 4 is 17.9 Å². The molecule has 0 aliphatic heterocycles. The van der Waals surface area contributed by atoms with Gasteiger partial charge in [0.25, 0.3) is 0 Å². The normalized spacial score (nSPS) is 12.8. The highest BCUT2D eigenvalue weighted by Crippen LogP contribution is 2.01. The van der Waals surface area contributed by atoms with Crippen LogP contribution in [0.1, 0.15) is 27.2 Å². The average molecular weight is 357 g/mol. The first kappa shape index (κ1) is 30.1. The first-order valence-electron chi connectivity index (χ1n) is 6.88. The molecule has 0 rings (SSSR count). The number of nitrogens with two attached hydrogens (primary N) is 3. The van der Waals surface area contributed by atoms with Gasteiger partial charge in [-0.25, -0.2) is 0 Å². The van der Waals surface area contributed by atoms with E-state index in [0.29, 0.717) is 12.3 Å². The van der Waals surface area contributed by atoms with E-state index < -0.39 is 36.1 Å². The Labute approximate surface area is 141 Å². The van der Waals surface area contributed by atoms with Gasteiger partial charge in [0, 0.05) is 7.11 Å². The van der Waals surface area contributed by atoms with Crippen molar-refractivity contribution in [1.29, 1.82) is 0 Å². The lowest BCUT2D eigenvalue weighted by atomic mass is 10.1. The number of hydrogen-bond acceptors (Lipinski definition) is 8. The molecule has 0 saturated heterocycles. The Morgan fingerprint density at radius 1 is 0.917 bits per heavy atom. The van der Waals surface area contributed by atoms with Gasteiger partial charge in [-0.05, 0) is 19.3 Å². The van der Waals surface area contributed by atoms with Gasteiger partial charge in [0.05, 0.1) is 12.6 Å². The van der Waals surface area contributed by atoms with E-state index in [9.17, 15) is 14.4 Å². The van der Waals surface area contributed by atoms with Crippen LogP contribution in [0, 0.1) is 5.92 Å². The van der Waals surface area contributed by atoms with E-state index in [4.69, 9.17) is 37.0 Å². The Morgan fingerprint density at radius 3 is 1.29 bits per heavy atom. The summed E-state index contributed by atoms with van der Waals surface area (Å²) in [6, 6.07) is -1.85. The van der Waals surface area contributed by atoms with E-state index in [1.165, 1.54) is 6.92 Å². The molecule has 0 bridgehead atoms.